The molecule has 11 heteroatoms. The second kappa shape index (κ2) is 14.1. The highest BCUT2D eigenvalue weighted by Crippen LogP contribution is 2.17. The molecule has 0 aliphatic rings. The van der Waals surface area contributed by atoms with Crippen molar-refractivity contribution in [3.63, 3.8) is 0 Å². The number of nitrogens with one attached hydrogen (secondary N) is 3. The van der Waals surface area contributed by atoms with Crippen LogP contribution in [0.2, 0.25) is 0 Å². The summed E-state index contributed by atoms with van der Waals surface area (Å²) >= 11 is 1.28. The molecule has 38 heavy (non-hydrogen) atoms. The second-order valence-corrected chi connectivity index (χ2v) is 9.41. The van der Waals surface area contributed by atoms with Gasteiger partial charge in [-0.2, -0.15) is 0 Å². The summed E-state index contributed by atoms with van der Waals surface area (Å²) in [5.74, 6) is -0.845. The Morgan fingerprint density at radius 3 is 2.39 bits per heavy atom. The molecule has 2 amide bonds. The molecule has 202 valence electrons. The number of carbonyl (C=O) groups is 3. The van der Waals surface area contributed by atoms with Crippen LogP contribution in [0.5, 0.6) is 5.75 Å². The van der Waals surface area contributed by atoms with Gasteiger partial charge >= 0.3 is 5.97 Å². The number of anilines is 1. The Labute approximate surface area is 225 Å². The molecular weight excluding hydrogens is 506 g/mol. The van der Waals surface area contributed by atoms with E-state index < -0.39 is 17.9 Å². The Kier molecular flexibility index (Phi) is 10.6. The zero-order chi connectivity index (χ0) is 27.5. The van der Waals surface area contributed by atoms with E-state index in [0.29, 0.717) is 47.2 Å². The number of ether oxygens (including phenoxy) is 1. The number of hydrogen-bond donors (Lipinski definition) is 4. The van der Waals surface area contributed by atoms with Crippen molar-refractivity contribution in [3.8, 4) is 5.75 Å². The molecule has 0 saturated heterocycles. The summed E-state index contributed by atoms with van der Waals surface area (Å²) in [5, 5.41) is 20.0. The van der Waals surface area contributed by atoms with E-state index in [0.717, 1.165) is 18.4 Å². The maximum Gasteiger partial charge on any atom is 0.330 e. The lowest BCUT2D eigenvalue weighted by atomic mass is 10.1. The van der Waals surface area contributed by atoms with Gasteiger partial charge in [0, 0.05) is 13.1 Å². The van der Waals surface area contributed by atoms with E-state index in [2.05, 4.69) is 25.9 Å². The lowest BCUT2D eigenvalue weighted by molar-refractivity contribution is -0.142. The number of aromatic hydroxyl groups is 1. The topological polar surface area (TPSA) is 143 Å². The number of nitrogens with zero attached hydrogens (tertiary/aromatic N) is 2. The van der Waals surface area contributed by atoms with Gasteiger partial charge in [0.2, 0.25) is 5.95 Å². The quantitative estimate of drug-likeness (QED) is 0.192. The second-order valence-electron chi connectivity index (χ2n) is 8.46. The van der Waals surface area contributed by atoms with Gasteiger partial charge in [-0.3, -0.25) is 9.59 Å². The number of methoxy groups -OCH3 is 1. The third-order valence-electron chi connectivity index (χ3n) is 5.79. The molecule has 0 spiro atoms. The van der Waals surface area contributed by atoms with Gasteiger partial charge in [0.1, 0.15) is 11.8 Å². The van der Waals surface area contributed by atoms with Gasteiger partial charge < -0.3 is 25.8 Å². The Balaban J connectivity index is 1.68. The maximum atomic E-state index is 13.3. The molecule has 0 aliphatic carbocycles. The third kappa shape index (κ3) is 7.75. The molecule has 0 saturated carbocycles. The number of benzene rings is 1. The zero-order valence-electron chi connectivity index (χ0n) is 21.7. The van der Waals surface area contributed by atoms with Gasteiger partial charge in [0.05, 0.1) is 28.9 Å². The van der Waals surface area contributed by atoms with Crippen molar-refractivity contribution in [2.75, 3.05) is 25.5 Å². The van der Waals surface area contributed by atoms with Crippen LogP contribution in [0.3, 0.4) is 0 Å². The summed E-state index contributed by atoms with van der Waals surface area (Å²) in [5.41, 5.74) is 2.46. The number of carbonyl (C=O) groups excluding carboxylic acids is 3. The molecule has 0 unspecified atom stereocenters. The van der Waals surface area contributed by atoms with Gasteiger partial charge in [0.25, 0.3) is 11.8 Å². The molecule has 1 aromatic carbocycles. The summed E-state index contributed by atoms with van der Waals surface area (Å²) in [7, 11) is 1.22. The smallest absolute Gasteiger partial charge is 0.330 e. The number of hydrogen-bond acceptors (Lipinski definition) is 9. The zero-order valence-corrected chi connectivity index (χ0v) is 22.6. The van der Waals surface area contributed by atoms with E-state index in [-0.39, 0.29) is 18.2 Å². The molecule has 10 nitrogen and oxygen atoms in total. The fraction of sp³-hybridized carbons (Fsp3) is 0.370. The van der Waals surface area contributed by atoms with Crippen molar-refractivity contribution in [3.05, 3.63) is 69.2 Å². The highest BCUT2D eigenvalue weighted by atomic mass is 32.1. The molecule has 4 N–H and O–H groups in total. The minimum absolute atomic E-state index is 0.127. The number of phenolic OH excluding ortho intramolecular Hbond substituents is 1. The van der Waals surface area contributed by atoms with Crippen molar-refractivity contribution in [1.29, 1.82) is 0 Å². The molecule has 1 atom stereocenters. The molecule has 0 aliphatic heterocycles. The first-order chi connectivity index (χ1) is 18.4. The fourth-order valence-electron chi connectivity index (χ4n) is 3.87. The molecule has 0 fully saturated rings. The standard InChI is InChI=1S/C27H33N5O5S/c1-4-19-23(25(35)30-21(26(36)37-3)16-29-24(34)22-12-8-14-38-22)20(5-2)32-27(31-19)28-13-7-10-17-9-6-11-18(33)15-17/h6,8-9,11-12,14-15,21,33H,4-5,7,10,13,16H2,1-3H3,(H,29,34)(H,30,35)(H,28,31,32)/t21-/m0/s1. The number of aryl methyl sites for hydroxylation is 3. The summed E-state index contributed by atoms with van der Waals surface area (Å²) in [4.78, 5) is 47.6. The fourth-order valence-corrected chi connectivity index (χ4v) is 4.51. The third-order valence-corrected chi connectivity index (χ3v) is 6.66. The molecule has 2 aromatic heterocycles. The average molecular weight is 540 g/mol. The first-order valence-electron chi connectivity index (χ1n) is 12.5. The van der Waals surface area contributed by atoms with Crippen LogP contribution in [0.4, 0.5) is 5.95 Å². The van der Waals surface area contributed by atoms with Gasteiger partial charge in [-0.1, -0.05) is 32.0 Å². The first kappa shape index (κ1) is 28.6. The van der Waals surface area contributed by atoms with E-state index in [1.54, 1.807) is 29.6 Å². The SMILES string of the molecule is CCc1nc(NCCCc2cccc(O)c2)nc(CC)c1C(=O)N[C@@H](CNC(=O)c1cccs1)C(=O)OC. The van der Waals surface area contributed by atoms with Crippen molar-refractivity contribution in [2.24, 2.45) is 0 Å². The van der Waals surface area contributed by atoms with Crippen LogP contribution >= 0.6 is 11.3 Å². The van der Waals surface area contributed by atoms with Gasteiger partial charge in [0.15, 0.2) is 0 Å². The number of aromatic nitrogens is 2. The lowest BCUT2D eigenvalue weighted by Crippen LogP contribution is -2.49. The van der Waals surface area contributed by atoms with Gasteiger partial charge in [-0.15, -0.1) is 11.3 Å². The van der Waals surface area contributed by atoms with Crippen LogP contribution in [0, 0.1) is 0 Å². The van der Waals surface area contributed by atoms with Crippen molar-refractivity contribution in [1.82, 2.24) is 20.6 Å². The minimum atomic E-state index is -1.08. The molecule has 0 bridgehead atoms. The Hall–Kier alpha value is -3.99. The molecular formula is C27H33N5O5S. The lowest BCUT2D eigenvalue weighted by Gasteiger charge is -2.19. The van der Waals surface area contributed by atoms with Crippen LogP contribution in [0.25, 0.3) is 0 Å². The predicted octanol–water partition coefficient (Wildman–Crippen LogP) is 3.11. The van der Waals surface area contributed by atoms with E-state index in [9.17, 15) is 19.5 Å². The summed E-state index contributed by atoms with van der Waals surface area (Å²) in [6.45, 7) is 4.27. The first-order valence-corrected chi connectivity index (χ1v) is 13.4. The van der Waals surface area contributed by atoms with Crippen LogP contribution in [0.1, 0.15) is 57.2 Å². The molecule has 2 heterocycles. The average Bonchev–Trinajstić information content (AvgIpc) is 3.47. The van der Waals surface area contributed by atoms with Crippen LogP contribution in [-0.4, -0.2) is 59.1 Å². The van der Waals surface area contributed by atoms with E-state index >= 15 is 0 Å². The van der Waals surface area contributed by atoms with E-state index in [4.69, 9.17) is 4.74 Å². The van der Waals surface area contributed by atoms with E-state index in [1.165, 1.54) is 18.4 Å². The largest absolute Gasteiger partial charge is 0.508 e. The number of rotatable bonds is 13. The molecule has 3 rings (SSSR count). The van der Waals surface area contributed by atoms with Crippen LogP contribution < -0.4 is 16.0 Å². The van der Waals surface area contributed by atoms with Crippen molar-refractivity contribution >= 4 is 35.1 Å². The Morgan fingerprint density at radius 1 is 1.05 bits per heavy atom. The monoisotopic (exact) mass is 539 g/mol. The normalized spacial score (nSPS) is 11.4. The number of amides is 2. The van der Waals surface area contributed by atoms with E-state index in [1.807, 2.05) is 26.0 Å². The maximum absolute atomic E-state index is 13.3. The van der Waals surface area contributed by atoms with Crippen LogP contribution in [-0.2, 0) is 28.8 Å². The van der Waals surface area contributed by atoms with Crippen molar-refractivity contribution < 1.29 is 24.2 Å². The van der Waals surface area contributed by atoms with Crippen molar-refractivity contribution in [2.45, 2.75) is 45.6 Å². The van der Waals surface area contributed by atoms with Crippen LogP contribution in [0.15, 0.2) is 41.8 Å². The Morgan fingerprint density at radius 2 is 1.79 bits per heavy atom. The number of esters is 1. The summed E-state index contributed by atoms with van der Waals surface area (Å²) in [6, 6.07) is 9.50. The summed E-state index contributed by atoms with van der Waals surface area (Å²) in [6.07, 6.45) is 2.54. The summed E-state index contributed by atoms with van der Waals surface area (Å²) < 4.78 is 4.84. The molecule has 0 radical (unpaired) electrons. The minimum Gasteiger partial charge on any atom is -0.508 e. The van der Waals surface area contributed by atoms with Gasteiger partial charge in [-0.25, -0.2) is 14.8 Å². The molecule has 3 aromatic rings. The van der Waals surface area contributed by atoms with Gasteiger partial charge in [-0.05, 0) is 54.8 Å². The number of thiophene rings is 1. The Bertz CT molecular complexity index is 1220. The highest BCUT2D eigenvalue weighted by Gasteiger charge is 2.27. The number of phenols is 1. The predicted molar refractivity (Wildman–Crippen MR) is 146 cm³/mol. The highest BCUT2D eigenvalue weighted by molar-refractivity contribution is 7.12.